The van der Waals surface area contributed by atoms with Crippen molar-refractivity contribution >= 4 is 10.8 Å². The molecule has 2 rings (SSSR count). The number of aromatic nitrogens is 1. The third-order valence-electron chi connectivity index (χ3n) is 2.32. The number of aryl methyl sites for hydroxylation is 1. The van der Waals surface area contributed by atoms with Crippen molar-refractivity contribution in [2.75, 3.05) is 0 Å². The molecule has 0 aliphatic carbocycles. The summed E-state index contributed by atoms with van der Waals surface area (Å²) in [6, 6.07) is 0.853. The van der Waals surface area contributed by atoms with Crippen molar-refractivity contribution in [1.29, 1.82) is 0 Å². The molecule has 116 valence electrons. The molecule has 0 aliphatic heterocycles. The maximum atomic E-state index is 13.5. The highest BCUT2D eigenvalue weighted by Crippen LogP contribution is 2.34. The van der Waals surface area contributed by atoms with Crippen LogP contribution in [0.3, 0.4) is 0 Å². The summed E-state index contributed by atoms with van der Waals surface area (Å²) >= 11 is 0. The summed E-state index contributed by atoms with van der Waals surface area (Å²) < 4.78 is 43.4. The molecule has 0 fully saturated rings. The first-order chi connectivity index (χ1) is 9.71. The van der Waals surface area contributed by atoms with Gasteiger partial charge in [-0.15, -0.1) is 4.39 Å². The zero-order valence-corrected chi connectivity index (χ0v) is 11.8. The number of hydrogen-bond acceptors (Lipinski definition) is 4. The van der Waals surface area contributed by atoms with Gasteiger partial charge in [-0.3, -0.25) is 4.98 Å². The Morgan fingerprint density at radius 1 is 1.24 bits per heavy atom. The maximum absolute atomic E-state index is 13.5. The van der Waals surface area contributed by atoms with Crippen LogP contribution in [0, 0.1) is 18.6 Å². The summed E-state index contributed by atoms with van der Waals surface area (Å²) in [5.41, 5.74) is 0.366. The van der Waals surface area contributed by atoms with E-state index in [0.717, 1.165) is 6.07 Å². The van der Waals surface area contributed by atoms with Crippen LogP contribution in [0.5, 0.6) is 5.75 Å². The van der Waals surface area contributed by atoms with Crippen molar-refractivity contribution in [2.24, 2.45) is 0 Å². The number of pyridine rings is 1. The Morgan fingerprint density at radius 2 is 1.81 bits per heavy atom. The van der Waals surface area contributed by atoms with E-state index in [1.165, 1.54) is 25.7 Å². The molecule has 4 nitrogen and oxygen atoms in total. The van der Waals surface area contributed by atoms with Crippen molar-refractivity contribution in [3.8, 4) is 5.75 Å². The predicted octanol–water partition coefficient (Wildman–Crippen LogP) is 3.18. The number of benzene rings is 1. The lowest BCUT2D eigenvalue weighted by Gasteiger charge is -2.16. The van der Waals surface area contributed by atoms with E-state index in [2.05, 4.69) is 23.6 Å². The van der Waals surface area contributed by atoms with Gasteiger partial charge in [0, 0.05) is 23.2 Å². The fourth-order valence-corrected chi connectivity index (χ4v) is 1.65. The lowest BCUT2D eigenvalue weighted by atomic mass is 10.1. The standard InChI is InChI=1S/C11H8F3NO3.C3H8/c1-5-3-15-4-6-2-7(12)9(13)10(8(5)6)18-11(14,16)17;1-3-2/h2-4,16-17H,1H3;3H2,1-2H3. The van der Waals surface area contributed by atoms with Gasteiger partial charge in [0.25, 0.3) is 0 Å². The fourth-order valence-electron chi connectivity index (χ4n) is 1.65. The fraction of sp³-hybridized carbons (Fsp3) is 0.357. The normalized spacial score (nSPS) is 11.0. The summed E-state index contributed by atoms with van der Waals surface area (Å²) in [5.74, 6) is -3.74. The molecule has 0 saturated carbocycles. The van der Waals surface area contributed by atoms with Crippen molar-refractivity contribution in [1.82, 2.24) is 4.98 Å². The quantitative estimate of drug-likeness (QED) is 0.836. The first-order valence-corrected chi connectivity index (χ1v) is 6.26. The van der Waals surface area contributed by atoms with E-state index in [1.807, 2.05) is 0 Å². The van der Waals surface area contributed by atoms with Crippen LogP contribution in [0.15, 0.2) is 18.5 Å². The molecular formula is C14H16F3NO3. The zero-order chi connectivity index (χ0) is 16.2. The van der Waals surface area contributed by atoms with Gasteiger partial charge in [0.15, 0.2) is 11.6 Å². The van der Waals surface area contributed by atoms with Crippen molar-refractivity contribution in [3.05, 3.63) is 35.7 Å². The minimum absolute atomic E-state index is 0.00836. The van der Waals surface area contributed by atoms with Crippen LogP contribution in [0.25, 0.3) is 10.8 Å². The van der Waals surface area contributed by atoms with Gasteiger partial charge < -0.3 is 14.9 Å². The van der Waals surface area contributed by atoms with Crippen LogP contribution in [0.1, 0.15) is 25.8 Å². The molecule has 2 N–H and O–H groups in total. The highest BCUT2D eigenvalue weighted by Gasteiger charge is 2.29. The van der Waals surface area contributed by atoms with Crippen molar-refractivity contribution in [2.45, 2.75) is 33.4 Å². The van der Waals surface area contributed by atoms with Gasteiger partial charge >= 0.3 is 6.23 Å². The average molecular weight is 303 g/mol. The average Bonchev–Trinajstić information content (AvgIpc) is 2.34. The van der Waals surface area contributed by atoms with Crippen LogP contribution >= 0.6 is 0 Å². The minimum atomic E-state index is -4.10. The maximum Gasteiger partial charge on any atom is 0.492 e. The number of halogens is 3. The number of ether oxygens (including phenoxy) is 1. The molecule has 0 atom stereocenters. The predicted molar refractivity (Wildman–Crippen MR) is 71.3 cm³/mol. The van der Waals surface area contributed by atoms with Crippen LogP contribution in [0.2, 0.25) is 0 Å². The minimum Gasteiger partial charge on any atom is -0.409 e. The van der Waals surface area contributed by atoms with E-state index in [1.54, 1.807) is 0 Å². The van der Waals surface area contributed by atoms with Gasteiger partial charge in [0.1, 0.15) is 0 Å². The first kappa shape index (κ1) is 17.2. The topological polar surface area (TPSA) is 62.6 Å². The van der Waals surface area contributed by atoms with E-state index in [0.29, 0.717) is 5.56 Å². The Morgan fingerprint density at radius 3 is 2.33 bits per heavy atom. The van der Waals surface area contributed by atoms with Crippen molar-refractivity contribution < 1.29 is 28.1 Å². The number of fused-ring (bicyclic) bond motifs is 1. The van der Waals surface area contributed by atoms with Gasteiger partial charge in [-0.25, -0.2) is 4.39 Å². The second-order valence-corrected chi connectivity index (χ2v) is 4.39. The molecule has 1 aromatic carbocycles. The van der Waals surface area contributed by atoms with E-state index in [4.69, 9.17) is 10.2 Å². The third kappa shape index (κ3) is 4.30. The summed E-state index contributed by atoms with van der Waals surface area (Å²) in [5, 5.41) is 17.2. The largest absolute Gasteiger partial charge is 0.492 e. The molecule has 2 aromatic rings. The molecule has 0 aliphatic rings. The number of nitrogens with zero attached hydrogens (tertiary/aromatic N) is 1. The van der Waals surface area contributed by atoms with Crippen LogP contribution in [-0.2, 0) is 0 Å². The van der Waals surface area contributed by atoms with Gasteiger partial charge in [-0.1, -0.05) is 20.3 Å². The van der Waals surface area contributed by atoms with Gasteiger partial charge in [-0.05, 0) is 18.6 Å². The number of alkyl halides is 1. The molecule has 0 saturated heterocycles. The second-order valence-electron chi connectivity index (χ2n) is 4.39. The Balaban J connectivity index is 0.000000677. The summed E-state index contributed by atoms with van der Waals surface area (Å²) in [7, 11) is 0. The Labute approximate surface area is 119 Å². The zero-order valence-electron chi connectivity index (χ0n) is 11.8. The van der Waals surface area contributed by atoms with Crippen LogP contribution in [0.4, 0.5) is 13.2 Å². The van der Waals surface area contributed by atoms with E-state index < -0.39 is 23.6 Å². The molecule has 0 bridgehead atoms. The summed E-state index contributed by atoms with van der Waals surface area (Å²) in [4.78, 5) is 3.76. The molecule has 7 heteroatoms. The SMILES string of the molecule is CCC.Cc1cncc2cc(F)c(F)c(OC(O)(O)F)c12. The Hall–Kier alpha value is -1.86. The highest BCUT2D eigenvalue weighted by molar-refractivity contribution is 5.90. The molecule has 0 spiro atoms. The van der Waals surface area contributed by atoms with Gasteiger partial charge in [-0.2, -0.15) is 4.39 Å². The van der Waals surface area contributed by atoms with Crippen LogP contribution in [-0.4, -0.2) is 21.4 Å². The number of aliphatic hydroxyl groups is 2. The van der Waals surface area contributed by atoms with Gasteiger partial charge in [0.05, 0.1) is 0 Å². The number of hydrogen-bond donors (Lipinski definition) is 2. The molecule has 0 radical (unpaired) electrons. The molecule has 0 amide bonds. The first-order valence-electron chi connectivity index (χ1n) is 6.26. The van der Waals surface area contributed by atoms with E-state index >= 15 is 0 Å². The molecule has 21 heavy (non-hydrogen) atoms. The second kappa shape index (κ2) is 6.73. The molecule has 0 unspecified atom stereocenters. The van der Waals surface area contributed by atoms with Crippen molar-refractivity contribution in [3.63, 3.8) is 0 Å². The highest BCUT2D eigenvalue weighted by atomic mass is 19.2. The van der Waals surface area contributed by atoms with Gasteiger partial charge in [0.2, 0.25) is 5.82 Å². The summed E-state index contributed by atoms with van der Waals surface area (Å²) in [6.45, 7) is 5.76. The molecular weight excluding hydrogens is 287 g/mol. The Kier molecular flexibility index (Phi) is 5.51. The Bertz CT molecular complexity index is 627. The van der Waals surface area contributed by atoms with E-state index in [-0.39, 0.29) is 10.8 Å². The monoisotopic (exact) mass is 303 g/mol. The lowest BCUT2D eigenvalue weighted by Crippen LogP contribution is -2.29. The molecule has 1 heterocycles. The van der Waals surface area contributed by atoms with Crippen LogP contribution < -0.4 is 4.74 Å². The number of rotatable bonds is 2. The third-order valence-corrected chi connectivity index (χ3v) is 2.32. The lowest BCUT2D eigenvalue weighted by molar-refractivity contribution is -0.375. The van der Waals surface area contributed by atoms with E-state index in [9.17, 15) is 13.2 Å². The smallest absolute Gasteiger partial charge is 0.409 e. The summed E-state index contributed by atoms with van der Waals surface area (Å²) in [6.07, 6.45) is -0.315. The molecule has 1 aromatic heterocycles.